The Kier molecular flexibility index (Phi) is 4.55. The van der Waals surface area contributed by atoms with Crippen LogP contribution in [-0.4, -0.2) is 51.4 Å². The summed E-state index contributed by atoms with van der Waals surface area (Å²) in [4.78, 5) is 0.0839. The third kappa shape index (κ3) is 3.06. The number of nitrogens with zero attached hydrogens (tertiary/aromatic N) is 2. The standard InChI is InChI=1S/C18H18N2O5S2/c21-26(22,15-6-2-1-3-7-15)20-14-18(16-8-4-5-9-17(16)20)27(23,24)19-10-12-25-13-11-19/h1-9,14H,10-13H2. The van der Waals surface area contributed by atoms with Gasteiger partial charge in [0.15, 0.2) is 0 Å². The fourth-order valence-corrected chi connectivity index (χ4v) is 6.21. The molecule has 1 aliphatic heterocycles. The quantitative estimate of drug-likeness (QED) is 0.661. The largest absolute Gasteiger partial charge is 0.379 e. The molecule has 4 rings (SSSR count). The highest BCUT2D eigenvalue weighted by molar-refractivity contribution is 7.90. The summed E-state index contributed by atoms with van der Waals surface area (Å²) in [5.41, 5.74) is 0.327. The van der Waals surface area contributed by atoms with Gasteiger partial charge in [-0.1, -0.05) is 36.4 Å². The van der Waals surface area contributed by atoms with Crippen LogP contribution in [0.5, 0.6) is 0 Å². The lowest BCUT2D eigenvalue weighted by atomic mass is 10.2. The summed E-state index contributed by atoms with van der Waals surface area (Å²) in [6.07, 6.45) is 1.21. The van der Waals surface area contributed by atoms with E-state index >= 15 is 0 Å². The summed E-state index contributed by atoms with van der Waals surface area (Å²) in [5, 5.41) is 0.378. The summed E-state index contributed by atoms with van der Waals surface area (Å²) in [6.45, 7) is 1.13. The monoisotopic (exact) mass is 406 g/mol. The van der Waals surface area contributed by atoms with Crippen LogP contribution in [0.4, 0.5) is 0 Å². The van der Waals surface area contributed by atoms with Gasteiger partial charge in [-0.05, 0) is 18.2 Å². The molecule has 0 bridgehead atoms. The molecular formula is C18H18N2O5S2. The number of sulfonamides is 1. The molecule has 1 saturated heterocycles. The second-order valence-corrected chi connectivity index (χ2v) is 9.86. The molecule has 3 aromatic rings. The van der Waals surface area contributed by atoms with E-state index in [1.54, 1.807) is 42.5 Å². The highest BCUT2D eigenvalue weighted by Gasteiger charge is 2.31. The van der Waals surface area contributed by atoms with Crippen molar-refractivity contribution in [3.05, 3.63) is 60.8 Å². The molecule has 1 fully saturated rings. The average molecular weight is 406 g/mol. The minimum absolute atomic E-state index is 0.0143. The molecule has 7 nitrogen and oxygen atoms in total. The Balaban J connectivity index is 1.93. The fraction of sp³-hybridized carbons (Fsp3) is 0.222. The Morgan fingerprint density at radius 2 is 1.41 bits per heavy atom. The third-order valence-corrected chi connectivity index (χ3v) is 8.14. The smallest absolute Gasteiger partial charge is 0.268 e. The summed E-state index contributed by atoms with van der Waals surface area (Å²) in [6, 6.07) is 14.6. The molecule has 9 heteroatoms. The van der Waals surface area contributed by atoms with Crippen molar-refractivity contribution in [1.82, 2.24) is 8.28 Å². The van der Waals surface area contributed by atoms with Gasteiger partial charge < -0.3 is 4.74 Å². The van der Waals surface area contributed by atoms with Gasteiger partial charge >= 0.3 is 0 Å². The van der Waals surface area contributed by atoms with Crippen LogP contribution in [0.15, 0.2) is 70.6 Å². The molecule has 0 amide bonds. The van der Waals surface area contributed by atoms with E-state index in [4.69, 9.17) is 4.74 Å². The number of ether oxygens (including phenoxy) is 1. The summed E-state index contributed by atoms with van der Waals surface area (Å²) < 4.78 is 60.1. The maximum Gasteiger partial charge on any atom is 0.268 e. The lowest BCUT2D eigenvalue weighted by Crippen LogP contribution is -2.40. The van der Waals surface area contributed by atoms with Gasteiger partial charge in [-0.2, -0.15) is 4.31 Å². The minimum atomic E-state index is -3.93. The first-order valence-electron chi connectivity index (χ1n) is 8.41. The van der Waals surface area contributed by atoms with Crippen molar-refractivity contribution in [2.45, 2.75) is 9.79 Å². The molecule has 0 spiro atoms. The van der Waals surface area contributed by atoms with E-state index in [0.717, 1.165) is 3.97 Å². The Hall–Kier alpha value is -2.20. The molecule has 27 heavy (non-hydrogen) atoms. The highest BCUT2D eigenvalue weighted by atomic mass is 32.2. The Labute approximate surface area is 157 Å². The van der Waals surface area contributed by atoms with Gasteiger partial charge in [0, 0.05) is 24.7 Å². The topological polar surface area (TPSA) is 85.7 Å². The number of benzene rings is 2. The molecule has 0 radical (unpaired) electrons. The molecule has 0 unspecified atom stereocenters. The second kappa shape index (κ2) is 6.75. The van der Waals surface area contributed by atoms with Crippen LogP contribution >= 0.6 is 0 Å². The van der Waals surface area contributed by atoms with Crippen molar-refractivity contribution in [1.29, 1.82) is 0 Å². The van der Waals surface area contributed by atoms with E-state index in [0.29, 0.717) is 24.1 Å². The van der Waals surface area contributed by atoms with E-state index in [1.807, 2.05) is 0 Å². The minimum Gasteiger partial charge on any atom is -0.379 e. The zero-order valence-electron chi connectivity index (χ0n) is 14.4. The van der Waals surface area contributed by atoms with Crippen LogP contribution < -0.4 is 0 Å². The lowest BCUT2D eigenvalue weighted by molar-refractivity contribution is 0.0730. The number of para-hydroxylation sites is 1. The van der Waals surface area contributed by atoms with Gasteiger partial charge in [0.1, 0.15) is 4.90 Å². The maximum absolute atomic E-state index is 13.1. The van der Waals surface area contributed by atoms with Gasteiger partial charge in [0.05, 0.1) is 23.6 Å². The van der Waals surface area contributed by atoms with Crippen molar-refractivity contribution < 1.29 is 21.6 Å². The van der Waals surface area contributed by atoms with E-state index in [-0.39, 0.29) is 22.9 Å². The normalized spacial score (nSPS) is 16.6. The first-order valence-corrected chi connectivity index (χ1v) is 11.3. The maximum atomic E-state index is 13.1. The number of hydrogen-bond acceptors (Lipinski definition) is 5. The van der Waals surface area contributed by atoms with E-state index in [1.165, 1.54) is 22.6 Å². The third-order valence-electron chi connectivity index (χ3n) is 4.53. The predicted molar refractivity (Wildman–Crippen MR) is 101 cm³/mol. The van der Waals surface area contributed by atoms with Crippen LogP contribution in [0.2, 0.25) is 0 Å². The van der Waals surface area contributed by atoms with Crippen molar-refractivity contribution >= 4 is 30.9 Å². The molecule has 0 N–H and O–H groups in total. The van der Waals surface area contributed by atoms with Crippen LogP contribution in [0.1, 0.15) is 0 Å². The summed E-state index contributed by atoms with van der Waals surface area (Å²) in [7, 11) is -7.77. The Bertz CT molecular complexity index is 1180. The van der Waals surface area contributed by atoms with Crippen molar-refractivity contribution in [2.24, 2.45) is 0 Å². The number of morpholine rings is 1. The first-order chi connectivity index (χ1) is 12.9. The van der Waals surface area contributed by atoms with Crippen LogP contribution in [0.3, 0.4) is 0 Å². The molecule has 0 atom stereocenters. The van der Waals surface area contributed by atoms with Crippen LogP contribution in [0, 0.1) is 0 Å². The van der Waals surface area contributed by atoms with E-state index in [9.17, 15) is 16.8 Å². The van der Waals surface area contributed by atoms with Crippen LogP contribution in [0.25, 0.3) is 10.9 Å². The first kappa shape index (κ1) is 18.2. The zero-order chi connectivity index (χ0) is 19.1. The average Bonchev–Trinajstić information content (AvgIpc) is 3.11. The number of aromatic nitrogens is 1. The number of hydrogen-bond donors (Lipinski definition) is 0. The number of rotatable bonds is 4. The molecule has 0 saturated carbocycles. The van der Waals surface area contributed by atoms with Crippen LogP contribution in [-0.2, 0) is 24.8 Å². The molecule has 1 aromatic heterocycles. The van der Waals surface area contributed by atoms with Crippen molar-refractivity contribution in [3.8, 4) is 0 Å². The molecule has 0 aliphatic carbocycles. The van der Waals surface area contributed by atoms with E-state index < -0.39 is 20.0 Å². The van der Waals surface area contributed by atoms with Gasteiger partial charge in [-0.25, -0.2) is 20.8 Å². The second-order valence-electron chi connectivity index (χ2n) is 6.14. The summed E-state index contributed by atoms with van der Waals surface area (Å²) >= 11 is 0. The van der Waals surface area contributed by atoms with Crippen molar-refractivity contribution in [3.63, 3.8) is 0 Å². The Morgan fingerprint density at radius 1 is 0.778 bits per heavy atom. The van der Waals surface area contributed by atoms with Gasteiger partial charge in [-0.15, -0.1) is 0 Å². The van der Waals surface area contributed by atoms with Gasteiger partial charge in [0.25, 0.3) is 10.0 Å². The Morgan fingerprint density at radius 3 is 2.11 bits per heavy atom. The zero-order valence-corrected chi connectivity index (χ0v) is 16.0. The van der Waals surface area contributed by atoms with Gasteiger partial charge in [-0.3, -0.25) is 0 Å². The lowest BCUT2D eigenvalue weighted by Gasteiger charge is -2.25. The fourth-order valence-electron chi connectivity index (χ4n) is 3.16. The van der Waals surface area contributed by atoms with Gasteiger partial charge in [0.2, 0.25) is 10.0 Å². The predicted octanol–water partition coefficient (Wildman–Crippen LogP) is 1.90. The number of fused-ring (bicyclic) bond motifs is 1. The summed E-state index contributed by atoms with van der Waals surface area (Å²) in [5.74, 6) is 0. The molecular weight excluding hydrogens is 388 g/mol. The molecule has 1 aliphatic rings. The molecule has 142 valence electrons. The molecule has 2 heterocycles. The highest BCUT2D eigenvalue weighted by Crippen LogP contribution is 2.31. The molecule has 2 aromatic carbocycles. The van der Waals surface area contributed by atoms with E-state index in [2.05, 4.69) is 0 Å². The SMILES string of the molecule is O=S(=O)(c1cn(S(=O)(=O)c2ccccc2)c2ccccc12)N1CCOCC1. The van der Waals surface area contributed by atoms with Crippen molar-refractivity contribution in [2.75, 3.05) is 26.3 Å².